The van der Waals surface area contributed by atoms with Gasteiger partial charge in [0.25, 0.3) is 0 Å². The van der Waals surface area contributed by atoms with Crippen LogP contribution in [0.4, 0.5) is 0 Å². The largest absolute Gasteiger partial charge is 0.483 e. The molecule has 5 aliphatic heterocycles. The lowest BCUT2D eigenvalue weighted by Crippen LogP contribution is -2.57. The van der Waals surface area contributed by atoms with Crippen molar-refractivity contribution in [2.75, 3.05) is 6.61 Å². The van der Waals surface area contributed by atoms with Crippen LogP contribution in [-0.2, 0) is 28.5 Å². The highest BCUT2D eigenvalue weighted by molar-refractivity contribution is 5.99. The summed E-state index contributed by atoms with van der Waals surface area (Å²) in [6, 6.07) is 0. The minimum atomic E-state index is -1.79. The fourth-order valence-corrected chi connectivity index (χ4v) is 5.43. The van der Waals surface area contributed by atoms with Crippen LogP contribution in [0.3, 0.4) is 0 Å². The number of hydrogen-bond acceptors (Lipinski definition) is 7. The summed E-state index contributed by atoms with van der Waals surface area (Å²) in [4.78, 5) is 25.5. The van der Waals surface area contributed by atoms with Crippen molar-refractivity contribution in [3.8, 4) is 0 Å². The fraction of sp³-hybridized carbons (Fsp3) is 0.789. The van der Waals surface area contributed by atoms with Crippen molar-refractivity contribution >= 4 is 11.8 Å². The van der Waals surface area contributed by atoms with Gasteiger partial charge < -0.3 is 24.1 Å². The van der Waals surface area contributed by atoms with Crippen molar-refractivity contribution in [3.63, 3.8) is 0 Å². The molecule has 0 aliphatic carbocycles. The summed E-state index contributed by atoms with van der Waals surface area (Å²) in [5.74, 6) is -2.15. The van der Waals surface area contributed by atoms with Crippen LogP contribution < -0.4 is 0 Å². The molecule has 0 unspecified atom stereocenters. The third-order valence-electron chi connectivity index (χ3n) is 7.27. The maximum atomic E-state index is 12.9. The minimum Gasteiger partial charge on any atom is -0.483 e. The molecular formula is C19H24O7. The molecule has 0 radical (unpaired) electrons. The first-order valence-electron chi connectivity index (χ1n) is 9.24. The Bertz CT molecular complexity index is 755. The second-order valence-electron chi connectivity index (χ2n) is 9.08. The fourth-order valence-electron chi connectivity index (χ4n) is 5.43. The molecule has 4 saturated heterocycles. The number of epoxide rings is 1. The van der Waals surface area contributed by atoms with Crippen LogP contribution in [0.15, 0.2) is 11.8 Å². The smallest absolute Gasteiger partial charge is 0.318 e. The van der Waals surface area contributed by atoms with E-state index in [-0.39, 0.29) is 24.0 Å². The average Bonchev–Trinajstić information content (AvgIpc) is 3.07. The Labute approximate surface area is 151 Å². The molecule has 0 saturated carbocycles. The molecule has 5 rings (SSSR count). The highest BCUT2D eigenvalue weighted by Crippen LogP contribution is 2.64. The van der Waals surface area contributed by atoms with E-state index in [1.165, 1.54) is 0 Å². The van der Waals surface area contributed by atoms with Gasteiger partial charge in [-0.05, 0) is 27.2 Å². The van der Waals surface area contributed by atoms with Gasteiger partial charge >= 0.3 is 5.97 Å². The summed E-state index contributed by atoms with van der Waals surface area (Å²) >= 11 is 0. The predicted molar refractivity (Wildman–Crippen MR) is 86.6 cm³/mol. The van der Waals surface area contributed by atoms with Crippen molar-refractivity contribution in [2.45, 2.75) is 69.7 Å². The number of allylic oxidation sites excluding steroid dienone is 1. The first-order valence-corrected chi connectivity index (χ1v) is 9.24. The number of esters is 1. The van der Waals surface area contributed by atoms with Crippen LogP contribution in [0.1, 0.15) is 40.5 Å². The molecule has 0 aromatic carbocycles. The van der Waals surface area contributed by atoms with E-state index < -0.39 is 40.6 Å². The molecule has 26 heavy (non-hydrogen) atoms. The molecule has 7 nitrogen and oxygen atoms in total. The second kappa shape index (κ2) is 4.51. The topological polar surface area (TPSA) is 94.6 Å². The van der Waals surface area contributed by atoms with E-state index in [1.807, 2.05) is 6.92 Å². The van der Waals surface area contributed by atoms with E-state index in [0.29, 0.717) is 18.8 Å². The molecule has 0 aromatic rings. The zero-order chi connectivity index (χ0) is 18.7. The number of hydrogen-bond donors (Lipinski definition) is 1. The SMILES string of the molecule is C[C@H]1C[C@H]2OC(=O)[C@@]3(C)[C@@H]2[C@H](C[C@@]2(C)OC1=CC2=O)O[C@]3(O)[C@@]1(C)CO1. The standard InChI is InChI=1S/C19H24O7/c1-9-5-11-14-12(7-16(2)13(20)6-10(9)25-16)26-19(22,17(3)8-23-17)18(14,4)15(21)24-11/h6,9,11-12,14,22H,5,7-8H2,1-4H3/t9-,11+,12-,14-,16+,17+,18+,19+/m0/s1. The van der Waals surface area contributed by atoms with Crippen molar-refractivity contribution in [1.82, 2.24) is 0 Å². The normalized spacial score (nSPS) is 57.5. The molecule has 8 atom stereocenters. The number of rotatable bonds is 1. The van der Waals surface area contributed by atoms with Crippen LogP contribution in [-0.4, -0.2) is 52.7 Å². The van der Waals surface area contributed by atoms with Gasteiger partial charge in [0, 0.05) is 24.3 Å². The Morgan fingerprint density at radius 2 is 1.88 bits per heavy atom. The third kappa shape index (κ3) is 1.70. The molecule has 2 bridgehead atoms. The Morgan fingerprint density at radius 3 is 2.54 bits per heavy atom. The zero-order valence-corrected chi connectivity index (χ0v) is 15.4. The predicted octanol–water partition coefficient (Wildman–Crippen LogP) is 1.08. The number of fused-ring (bicyclic) bond motifs is 2. The third-order valence-corrected chi connectivity index (χ3v) is 7.27. The second-order valence-corrected chi connectivity index (χ2v) is 9.08. The van der Waals surface area contributed by atoms with Gasteiger partial charge in [-0.2, -0.15) is 0 Å². The molecular weight excluding hydrogens is 340 g/mol. The van der Waals surface area contributed by atoms with E-state index in [9.17, 15) is 14.7 Å². The lowest BCUT2D eigenvalue weighted by atomic mass is 9.65. The van der Waals surface area contributed by atoms with Crippen LogP contribution in [0.2, 0.25) is 0 Å². The molecule has 7 heteroatoms. The first-order chi connectivity index (χ1) is 12.0. The van der Waals surface area contributed by atoms with E-state index >= 15 is 0 Å². The lowest BCUT2D eigenvalue weighted by Gasteiger charge is -2.37. The molecule has 5 heterocycles. The van der Waals surface area contributed by atoms with Crippen molar-refractivity contribution in [2.24, 2.45) is 17.3 Å². The van der Waals surface area contributed by atoms with Crippen LogP contribution >= 0.6 is 0 Å². The summed E-state index contributed by atoms with van der Waals surface area (Å²) in [7, 11) is 0. The minimum absolute atomic E-state index is 0.0684. The van der Waals surface area contributed by atoms with Crippen molar-refractivity contribution < 1.29 is 33.6 Å². The van der Waals surface area contributed by atoms with Crippen molar-refractivity contribution in [1.29, 1.82) is 0 Å². The molecule has 0 spiro atoms. The van der Waals surface area contributed by atoms with E-state index in [4.69, 9.17) is 18.9 Å². The zero-order valence-electron chi connectivity index (χ0n) is 15.4. The van der Waals surface area contributed by atoms with Gasteiger partial charge in [0.15, 0.2) is 5.60 Å². The van der Waals surface area contributed by atoms with Gasteiger partial charge in [-0.3, -0.25) is 9.59 Å². The van der Waals surface area contributed by atoms with Gasteiger partial charge in [0.2, 0.25) is 11.6 Å². The van der Waals surface area contributed by atoms with Crippen LogP contribution in [0.5, 0.6) is 0 Å². The molecule has 4 fully saturated rings. The molecule has 0 amide bonds. The lowest BCUT2D eigenvalue weighted by molar-refractivity contribution is -0.271. The number of aliphatic hydroxyl groups is 1. The maximum absolute atomic E-state index is 12.9. The van der Waals surface area contributed by atoms with E-state index in [1.54, 1.807) is 26.8 Å². The van der Waals surface area contributed by atoms with Gasteiger partial charge in [-0.15, -0.1) is 0 Å². The number of carbonyl (C=O) groups is 2. The average molecular weight is 364 g/mol. The summed E-state index contributed by atoms with van der Waals surface area (Å²) in [5, 5.41) is 11.5. The Kier molecular flexibility index (Phi) is 2.90. The summed E-state index contributed by atoms with van der Waals surface area (Å²) in [6.45, 7) is 7.47. The van der Waals surface area contributed by atoms with E-state index in [0.717, 1.165) is 0 Å². The summed E-state index contributed by atoms with van der Waals surface area (Å²) in [6.07, 6.45) is 1.38. The summed E-state index contributed by atoms with van der Waals surface area (Å²) in [5.41, 5.74) is -3.25. The quantitative estimate of drug-likeness (QED) is 0.549. The molecule has 5 aliphatic rings. The maximum Gasteiger partial charge on any atom is 0.318 e. The molecule has 142 valence electrons. The first kappa shape index (κ1) is 16.7. The van der Waals surface area contributed by atoms with Crippen LogP contribution in [0, 0.1) is 17.3 Å². The van der Waals surface area contributed by atoms with Crippen molar-refractivity contribution in [3.05, 3.63) is 11.8 Å². The van der Waals surface area contributed by atoms with Gasteiger partial charge in [-0.25, -0.2) is 0 Å². The highest BCUT2D eigenvalue weighted by Gasteiger charge is 2.81. The number of ketones is 1. The molecule has 1 N–H and O–H groups in total. The highest BCUT2D eigenvalue weighted by atomic mass is 16.7. The van der Waals surface area contributed by atoms with Gasteiger partial charge in [0.1, 0.15) is 22.9 Å². The Morgan fingerprint density at radius 1 is 1.19 bits per heavy atom. The van der Waals surface area contributed by atoms with Crippen LogP contribution in [0.25, 0.3) is 0 Å². The molecule has 0 aromatic heterocycles. The number of ether oxygens (including phenoxy) is 4. The van der Waals surface area contributed by atoms with E-state index in [2.05, 4.69) is 0 Å². The van der Waals surface area contributed by atoms with Gasteiger partial charge in [-0.1, -0.05) is 6.92 Å². The summed E-state index contributed by atoms with van der Waals surface area (Å²) < 4.78 is 23.4. The Balaban J connectivity index is 1.64. The monoisotopic (exact) mass is 364 g/mol. The number of carbonyl (C=O) groups excluding carboxylic acids is 2. The Hall–Kier alpha value is -1.44. The van der Waals surface area contributed by atoms with Gasteiger partial charge in [0.05, 0.1) is 12.7 Å².